The molecule has 1 aromatic heterocycles. The Labute approximate surface area is 141 Å². The van der Waals surface area contributed by atoms with E-state index in [0.29, 0.717) is 11.3 Å². The van der Waals surface area contributed by atoms with Gasteiger partial charge in [0, 0.05) is 30.4 Å². The maximum atomic E-state index is 14.6. The SMILES string of the molecule is CNC[C@H]1CCCN1C(=O)c1ccc(-n2nc(C)cc2C)c(F)c1. The second-order valence-electron chi connectivity index (χ2n) is 6.36. The maximum absolute atomic E-state index is 14.6. The number of carbonyl (C=O) groups excluding carboxylic acids is 1. The van der Waals surface area contributed by atoms with E-state index >= 15 is 0 Å². The number of aromatic nitrogens is 2. The molecule has 6 heteroatoms. The minimum Gasteiger partial charge on any atom is -0.334 e. The lowest BCUT2D eigenvalue weighted by Gasteiger charge is -2.24. The Bertz CT molecular complexity index is 755. The Morgan fingerprint density at radius 3 is 2.79 bits per heavy atom. The van der Waals surface area contributed by atoms with Crippen molar-refractivity contribution in [3.63, 3.8) is 0 Å². The minimum atomic E-state index is -0.434. The zero-order valence-corrected chi connectivity index (χ0v) is 14.3. The van der Waals surface area contributed by atoms with Crippen LogP contribution in [0.5, 0.6) is 0 Å². The lowest BCUT2D eigenvalue weighted by molar-refractivity contribution is 0.0736. The van der Waals surface area contributed by atoms with Gasteiger partial charge in [-0.15, -0.1) is 0 Å². The van der Waals surface area contributed by atoms with Crippen molar-refractivity contribution in [3.8, 4) is 5.69 Å². The normalized spacial score (nSPS) is 17.5. The van der Waals surface area contributed by atoms with Gasteiger partial charge < -0.3 is 10.2 Å². The molecule has 1 amide bonds. The average molecular weight is 330 g/mol. The summed E-state index contributed by atoms with van der Waals surface area (Å²) in [6.45, 7) is 5.24. The van der Waals surface area contributed by atoms with Gasteiger partial charge in [-0.05, 0) is 58.0 Å². The van der Waals surface area contributed by atoms with Crippen LogP contribution >= 0.6 is 0 Å². The quantitative estimate of drug-likeness (QED) is 0.937. The number of hydrogen-bond acceptors (Lipinski definition) is 3. The van der Waals surface area contributed by atoms with E-state index < -0.39 is 5.82 Å². The van der Waals surface area contributed by atoms with Gasteiger partial charge in [0.1, 0.15) is 11.5 Å². The molecule has 1 aliphatic rings. The number of benzene rings is 1. The Kier molecular flexibility index (Phi) is 4.66. The number of likely N-dealkylation sites (N-methyl/N-ethyl adjacent to an activating group) is 1. The van der Waals surface area contributed by atoms with Crippen LogP contribution in [-0.2, 0) is 0 Å². The molecule has 1 fully saturated rings. The molecule has 5 nitrogen and oxygen atoms in total. The van der Waals surface area contributed by atoms with Gasteiger partial charge in [0.15, 0.2) is 0 Å². The third-order valence-corrected chi connectivity index (χ3v) is 4.51. The molecule has 128 valence electrons. The van der Waals surface area contributed by atoms with E-state index in [1.54, 1.807) is 16.8 Å². The van der Waals surface area contributed by atoms with E-state index in [2.05, 4.69) is 10.4 Å². The largest absolute Gasteiger partial charge is 0.334 e. The lowest BCUT2D eigenvalue weighted by Crippen LogP contribution is -2.40. The molecule has 0 radical (unpaired) electrons. The molecular formula is C18H23FN4O. The first-order valence-corrected chi connectivity index (χ1v) is 8.30. The highest BCUT2D eigenvalue weighted by molar-refractivity contribution is 5.94. The van der Waals surface area contributed by atoms with E-state index in [1.165, 1.54) is 6.07 Å². The third-order valence-electron chi connectivity index (χ3n) is 4.51. The van der Waals surface area contributed by atoms with Crippen LogP contribution in [0.1, 0.15) is 34.6 Å². The van der Waals surface area contributed by atoms with E-state index in [9.17, 15) is 9.18 Å². The fourth-order valence-electron chi connectivity index (χ4n) is 3.40. The van der Waals surface area contributed by atoms with Crippen LogP contribution in [0.15, 0.2) is 24.3 Å². The number of rotatable bonds is 4. The minimum absolute atomic E-state index is 0.105. The Balaban J connectivity index is 1.87. The van der Waals surface area contributed by atoms with Crippen LogP contribution < -0.4 is 5.32 Å². The Morgan fingerprint density at radius 2 is 2.17 bits per heavy atom. The molecular weight excluding hydrogens is 307 g/mol. The second-order valence-corrected chi connectivity index (χ2v) is 6.36. The molecule has 1 atom stereocenters. The van der Waals surface area contributed by atoms with Crippen molar-refractivity contribution >= 4 is 5.91 Å². The zero-order valence-electron chi connectivity index (χ0n) is 14.3. The molecule has 1 N–H and O–H groups in total. The molecule has 2 heterocycles. The number of likely N-dealkylation sites (tertiary alicyclic amines) is 1. The monoisotopic (exact) mass is 330 g/mol. The smallest absolute Gasteiger partial charge is 0.254 e. The van der Waals surface area contributed by atoms with Crippen LogP contribution in [0.2, 0.25) is 0 Å². The third kappa shape index (κ3) is 3.06. The van der Waals surface area contributed by atoms with Crippen molar-refractivity contribution in [2.24, 2.45) is 0 Å². The van der Waals surface area contributed by atoms with Crippen LogP contribution in [0, 0.1) is 19.7 Å². The number of nitrogens with one attached hydrogen (secondary N) is 1. The first-order chi connectivity index (χ1) is 11.5. The zero-order chi connectivity index (χ0) is 17.3. The molecule has 0 spiro atoms. The van der Waals surface area contributed by atoms with Crippen molar-refractivity contribution in [3.05, 3.63) is 47.0 Å². The number of carbonyl (C=O) groups is 1. The van der Waals surface area contributed by atoms with E-state index in [1.807, 2.05) is 31.9 Å². The fraction of sp³-hybridized carbons (Fsp3) is 0.444. The Morgan fingerprint density at radius 1 is 1.38 bits per heavy atom. The molecule has 0 saturated carbocycles. The van der Waals surface area contributed by atoms with Crippen molar-refractivity contribution in [2.45, 2.75) is 32.7 Å². The summed E-state index contributed by atoms with van der Waals surface area (Å²) in [6.07, 6.45) is 1.98. The first-order valence-electron chi connectivity index (χ1n) is 8.30. The molecule has 0 aliphatic carbocycles. The lowest BCUT2D eigenvalue weighted by atomic mass is 10.1. The molecule has 0 bridgehead atoms. The van der Waals surface area contributed by atoms with Gasteiger partial charge in [0.2, 0.25) is 0 Å². The van der Waals surface area contributed by atoms with Crippen LogP contribution in [0.4, 0.5) is 4.39 Å². The summed E-state index contributed by atoms with van der Waals surface area (Å²) in [5.74, 6) is -0.539. The van der Waals surface area contributed by atoms with Crippen LogP contribution in [0.3, 0.4) is 0 Å². The summed E-state index contributed by atoms with van der Waals surface area (Å²) in [4.78, 5) is 14.6. The van der Waals surface area contributed by atoms with Crippen molar-refractivity contribution in [1.82, 2.24) is 20.0 Å². The molecule has 24 heavy (non-hydrogen) atoms. The van der Waals surface area contributed by atoms with Crippen LogP contribution in [0.25, 0.3) is 5.69 Å². The topological polar surface area (TPSA) is 50.2 Å². The number of nitrogens with zero attached hydrogens (tertiary/aromatic N) is 3. The number of hydrogen-bond donors (Lipinski definition) is 1. The first kappa shape index (κ1) is 16.6. The summed E-state index contributed by atoms with van der Waals surface area (Å²) in [7, 11) is 1.88. The van der Waals surface area contributed by atoms with Gasteiger partial charge in [-0.25, -0.2) is 9.07 Å². The predicted octanol–water partition coefficient (Wildman–Crippen LogP) is 2.45. The average Bonchev–Trinajstić information content (AvgIpc) is 3.13. The van der Waals surface area contributed by atoms with Crippen molar-refractivity contribution in [1.29, 1.82) is 0 Å². The summed E-state index contributed by atoms with van der Waals surface area (Å²) in [5.41, 5.74) is 2.45. The van der Waals surface area contributed by atoms with E-state index in [0.717, 1.165) is 37.3 Å². The highest BCUT2D eigenvalue weighted by Crippen LogP contribution is 2.22. The molecule has 1 aromatic carbocycles. The summed E-state index contributed by atoms with van der Waals surface area (Å²) >= 11 is 0. The molecule has 1 aliphatic heterocycles. The van der Waals surface area contributed by atoms with E-state index in [4.69, 9.17) is 0 Å². The predicted molar refractivity (Wildman–Crippen MR) is 91.0 cm³/mol. The molecule has 1 saturated heterocycles. The maximum Gasteiger partial charge on any atom is 0.254 e. The number of halogens is 1. The fourth-order valence-corrected chi connectivity index (χ4v) is 3.40. The second kappa shape index (κ2) is 6.73. The summed E-state index contributed by atoms with van der Waals surface area (Å²) in [6, 6.07) is 6.71. The molecule has 0 unspecified atom stereocenters. The number of amides is 1. The van der Waals surface area contributed by atoms with Gasteiger partial charge in [-0.1, -0.05) is 0 Å². The molecule has 2 aromatic rings. The van der Waals surface area contributed by atoms with Crippen molar-refractivity contribution in [2.75, 3.05) is 20.1 Å². The van der Waals surface area contributed by atoms with Gasteiger partial charge in [0.25, 0.3) is 5.91 Å². The van der Waals surface area contributed by atoms with Gasteiger partial charge >= 0.3 is 0 Å². The highest BCUT2D eigenvalue weighted by Gasteiger charge is 2.29. The van der Waals surface area contributed by atoms with Crippen LogP contribution in [-0.4, -0.2) is 46.8 Å². The van der Waals surface area contributed by atoms with Gasteiger partial charge in [0.05, 0.1) is 5.69 Å². The van der Waals surface area contributed by atoms with Crippen molar-refractivity contribution < 1.29 is 9.18 Å². The van der Waals surface area contributed by atoms with Gasteiger partial charge in [-0.2, -0.15) is 5.10 Å². The van der Waals surface area contributed by atoms with E-state index in [-0.39, 0.29) is 11.9 Å². The molecule has 3 rings (SSSR count). The summed E-state index contributed by atoms with van der Waals surface area (Å²) < 4.78 is 16.1. The summed E-state index contributed by atoms with van der Waals surface area (Å²) in [5, 5.41) is 7.42. The standard InChI is InChI=1S/C18H23FN4O/c1-12-9-13(2)23(21-12)17-7-6-14(10-16(17)19)18(24)22-8-4-5-15(22)11-20-3/h6-7,9-10,15,20H,4-5,8,11H2,1-3H3/t15-/m1/s1. The Hall–Kier alpha value is -2.21. The highest BCUT2D eigenvalue weighted by atomic mass is 19.1. The van der Waals surface area contributed by atoms with Gasteiger partial charge in [-0.3, -0.25) is 4.79 Å². The number of aryl methyl sites for hydroxylation is 2.